The maximum Gasteiger partial charge on any atom is 0.254 e. The van der Waals surface area contributed by atoms with Gasteiger partial charge in [0, 0.05) is 11.1 Å². The minimum atomic E-state index is -1.11. The Morgan fingerprint density at radius 3 is 2.13 bits per heavy atom. The van der Waals surface area contributed by atoms with Crippen molar-refractivity contribution in [3.05, 3.63) is 60.2 Å². The van der Waals surface area contributed by atoms with Crippen molar-refractivity contribution >= 4 is 17.5 Å². The fraction of sp³-hybridized carbons (Fsp3) is 0.391. The van der Waals surface area contributed by atoms with E-state index in [1.54, 1.807) is 52.4 Å². The number of hydrogen-bond donors (Lipinski definition) is 3. The lowest BCUT2D eigenvalue weighted by Gasteiger charge is -2.44. The van der Waals surface area contributed by atoms with Crippen LogP contribution >= 0.6 is 0 Å². The predicted molar refractivity (Wildman–Crippen MR) is 114 cm³/mol. The molecule has 2 rings (SSSR count). The van der Waals surface area contributed by atoms with Gasteiger partial charge in [0.05, 0.1) is 19.1 Å². The van der Waals surface area contributed by atoms with Crippen molar-refractivity contribution in [1.82, 2.24) is 5.48 Å². The first-order valence-corrected chi connectivity index (χ1v) is 9.68. The number of carbonyl (C=O) groups is 2. The summed E-state index contributed by atoms with van der Waals surface area (Å²) >= 11 is 0. The normalized spacial score (nSPS) is 12.7. The second-order valence-electron chi connectivity index (χ2n) is 8.18. The molecule has 0 saturated heterocycles. The highest BCUT2D eigenvalue weighted by Crippen LogP contribution is 2.43. The Morgan fingerprint density at radius 2 is 1.60 bits per heavy atom. The van der Waals surface area contributed by atoms with Crippen molar-refractivity contribution in [3.63, 3.8) is 0 Å². The molecular weight excluding hydrogens is 384 g/mol. The summed E-state index contributed by atoms with van der Waals surface area (Å²) in [5.41, 5.74) is 1.10. The molecule has 0 saturated carbocycles. The number of anilines is 1. The molecule has 162 valence electrons. The monoisotopic (exact) mass is 414 g/mol. The molecule has 7 nitrogen and oxygen atoms in total. The van der Waals surface area contributed by atoms with Crippen LogP contribution in [0.25, 0.3) is 0 Å². The zero-order chi connectivity index (χ0) is 22.4. The molecule has 7 heteroatoms. The first-order chi connectivity index (χ1) is 14.1. The van der Waals surface area contributed by atoms with Crippen molar-refractivity contribution in [1.29, 1.82) is 0 Å². The number of benzene rings is 2. The lowest BCUT2D eigenvalue weighted by atomic mass is 9.64. The highest BCUT2D eigenvalue weighted by molar-refractivity contribution is 5.95. The zero-order valence-electron chi connectivity index (χ0n) is 18.1. The van der Waals surface area contributed by atoms with Gasteiger partial charge < -0.3 is 14.8 Å². The number of rotatable bonds is 9. The summed E-state index contributed by atoms with van der Waals surface area (Å²) in [7, 11) is 1.59. The minimum Gasteiger partial charge on any atom is -0.497 e. The Bertz CT molecular complexity index is 848. The van der Waals surface area contributed by atoms with Crippen LogP contribution in [0, 0.1) is 10.8 Å². The third kappa shape index (κ3) is 5.17. The molecule has 30 heavy (non-hydrogen) atoms. The Hall–Kier alpha value is -2.90. The summed E-state index contributed by atoms with van der Waals surface area (Å²) in [5, 5.41) is 12.0. The molecule has 0 aromatic heterocycles. The molecule has 0 aliphatic rings. The van der Waals surface area contributed by atoms with Crippen molar-refractivity contribution < 1.29 is 24.3 Å². The third-order valence-corrected chi connectivity index (χ3v) is 5.79. The molecule has 3 N–H and O–H groups in total. The first kappa shape index (κ1) is 23.4. The van der Waals surface area contributed by atoms with E-state index in [9.17, 15) is 14.8 Å². The average Bonchev–Trinajstić information content (AvgIpc) is 2.74. The van der Waals surface area contributed by atoms with Gasteiger partial charge in [0.15, 0.2) is 0 Å². The maximum atomic E-state index is 13.2. The van der Waals surface area contributed by atoms with Crippen LogP contribution < -0.4 is 15.5 Å². The topological polar surface area (TPSA) is 96.9 Å². The minimum absolute atomic E-state index is 0.164. The van der Waals surface area contributed by atoms with Crippen molar-refractivity contribution in [2.24, 2.45) is 10.8 Å². The van der Waals surface area contributed by atoms with E-state index in [0.717, 1.165) is 11.3 Å². The molecule has 0 unspecified atom stereocenters. The van der Waals surface area contributed by atoms with E-state index >= 15 is 0 Å². The molecular formula is C23H30N2O5. The summed E-state index contributed by atoms with van der Waals surface area (Å²) in [6.45, 7) is 7.03. The molecule has 0 aliphatic heterocycles. The number of methoxy groups -OCH3 is 1. The third-order valence-electron chi connectivity index (χ3n) is 5.79. The highest BCUT2D eigenvalue weighted by Gasteiger charge is 2.51. The molecule has 0 spiro atoms. The molecule has 2 aromatic rings. The fourth-order valence-electron chi connectivity index (χ4n) is 3.00. The van der Waals surface area contributed by atoms with Crippen molar-refractivity contribution in [2.75, 3.05) is 12.4 Å². The number of amides is 2. The summed E-state index contributed by atoms with van der Waals surface area (Å²) in [6, 6.07) is 16.4. The predicted octanol–water partition coefficient (Wildman–Crippen LogP) is 3.78. The number of carbonyl (C=O) groups excluding carboxylic acids is 2. The lowest BCUT2D eigenvalue weighted by Crippen LogP contribution is -2.55. The highest BCUT2D eigenvalue weighted by atomic mass is 16.5. The summed E-state index contributed by atoms with van der Waals surface area (Å²) < 4.78 is 11.2. The number of hydrogen-bond acceptors (Lipinski definition) is 5. The van der Waals surface area contributed by atoms with Crippen molar-refractivity contribution in [2.45, 2.75) is 40.4 Å². The molecule has 0 bridgehead atoms. The van der Waals surface area contributed by atoms with Gasteiger partial charge in [-0.3, -0.25) is 14.8 Å². The largest absolute Gasteiger partial charge is 0.497 e. The van der Waals surface area contributed by atoms with Crippen LogP contribution in [-0.2, 0) is 20.9 Å². The molecule has 0 heterocycles. The Kier molecular flexibility index (Phi) is 7.59. The van der Waals surface area contributed by atoms with E-state index in [-0.39, 0.29) is 12.5 Å². The Balaban J connectivity index is 2.30. The SMILES string of the molecule is COc1ccc(CO[C@H](C(=O)Nc2ccccc2)C(C)(C)C(C)(C)C(=O)NO)cc1. The number of para-hydroxylation sites is 1. The van der Waals surface area contributed by atoms with E-state index in [1.807, 2.05) is 42.5 Å². The zero-order valence-corrected chi connectivity index (χ0v) is 18.1. The first-order valence-electron chi connectivity index (χ1n) is 9.68. The van der Waals surface area contributed by atoms with Gasteiger partial charge in [-0.15, -0.1) is 0 Å². The van der Waals surface area contributed by atoms with Crippen LogP contribution in [0.1, 0.15) is 33.3 Å². The van der Waals surface area contributed by atoms with Gasteiger partial charge in [-0.05, 0) is 29.8 Å². The smallest absolute Gasteiger partial charge is 0.254 e. The number of nitrogens with one attached hydrogen (secondary N) is 2. The standard InChI is InChI=1S/C23H30N2O5/c1-22(2,23(3,4)21(27)25-28)19(20(26)24-17-9-7-6-8-10-17)30-15-16-11-13-18(29-5)14-12-16/h6-14,19,28H,15H2,1-5H3,(H,24,26)(H,25,27)/t19-/m1/s1. The van der Waals surface area contributed by atoms with Crippen LogP contribution in [0.5, 0.6) is 5.75 Å². The van der Waals surface area contributed by atoms with Crippen LogP contribution in [0.15, 0.2) is 54.6 Å². The molecule has 0 aliphatic carbocycles. The number of hydroxylamine groups is 1. The van der Waals surface area contributed by atoms with Gasteiger partial charge in [0.1, 0.15) is 11.9 Å². The quantitative estimate of drug-likeness (QED) is 0.429. The van der Waals surface area contributed by atoms with Gasteiger partial charge in [0.2, 0.25) is 5.91 Å². The molecule has 2 aromatic carbocycles. The van der Waals surface area contributed by atoms with Crippen LogP contribution in [0.3, 0.4) is 0 Å². The molecule has 2 amide bonds. The molecule has 1 atom stereocenters. The van der Waals surface area contributed by atoms with E-state index in [4.69, 9.17) is 9.47 Å². The van der Waals surface area contributed by atoms with E-state index in [0.29, 0.717) is 5.69 Å². The lowest BCUT2D eigenvalue weighted by molar-refractivity contribution is -0.160. The summed E-state index contributed by atoms with van der Waals surface area (Å²) in [4.78, 5) is 25.5. The van der Waals surface area contributed by atoms with E-state index < -0.39 is 22.8 Å². The van der Waals surface area contributed by atoms with Gasteiger partial charge in [-0.25, -0.2) is 5.48 Å². The van der Waals surface area contributed by atoms with Crippen LogP contribution in [-0.4, -0.2) is 30.2 Å². The molecule has 0 radical (unpaired) electrons. The summed E-state index contributed by atoms with van der Waals surface area (Å²) in [5.74, 6) is -0.255. The van der Waals surface area contributed by atoms with Crippen LogP contribution in [0.4, 0.5) is 5.69 Å². The van der Waals surface area contributed by atoms with Gasteiger partial charge in [-0.1, -0.05) is 58.0 Å². The second-order valence-corrected chi connectivity index (χ2v) is 8.18. The Morgan fingerprint density at radius 1 is 1.00 bits per heavy atom. The summed E-state index contributed by atoms with van der Waals surface area (Å²) in [6.07, 6.45) is -0.980. The van der Waals surface area contributed by atoms with Crippen LogP contribution in [0.2, 0.25) is 0 Å². The van der Waals surface area contributed by atoms with E-state index in [2.05, 4.69) is 5.32 Å². The maximum absolute atomic E-state index is 13.2. The van der Waals surface area contributed by atoms with Gasteiger partial charge in [0.25, 0.3) is 5.91 Å². The van der Waals surface area contributed by atoms with Gasteiger partial charge >= 0.3 is 0 Å². The second kappa shape index (κ2) is 9.73. The fourth-order valence-corrected chi connectivity index (χ4v) is 3.00. The molecule has 0 fully saturated rings. The van der Waals surface area contributed by atoms with Gasteiger partial charge in [-0.2, -0.15) is 0 Å². The van der Waals surface area contributed by atoms with E-state index in [1.165, 1.54) is 0 Å². The average molecular weight is 415 g/mol. The Labute approximate surface area is 177 Å². The number of ether oxygens (including phenoxy) is 2. The van der Waals surface area contributed by atoms with Crippen molar-refractivity contribution in [3.8, 4) is 5.75 Å².